The first-order valence-corrected chi connectivity index (χ1v) is 6.18. The molecule has 0 aromatic heterocycles. The Kier molecular flexibility index (Phi) is 3.20. The van der Waals surface area contributed by atoms with Gasteiger partial charge in [0.1, 0.15) is 5.75 Å². The molecule has 0 heterocycles. The summed E-state index contributed by atoms with van der Waals surface area (Å²) in [6.07, 6.45) is 5.72. The Bertz CT molecular complexity index is 346. The number of aromatic hydroxyl groups is 1. The maximum atomic E-state index is 9.23. The second kappa shape index (κ2) is 4.46. The van der Waals surface area contributed by atoms with Crippen molar-refractivity contribution in [2.45, 2.75) is 44.6 Å². The van der Waals surface area contributed by atoms with E-state index in [1.54, 1.807) is 12.1 Å². The highest BCUT2D eigenvalue weighted by Gasteiger charge is 2.34. The first-order chi connectivity index (χ1) is 7.61. The Morgan fingerprint density at radius 2 is 2.06 bits per heavy atom. The zero-order chi connectivity index (χ0) is 11.6. The van der Waals surface area contributed by atoms with Crippen LogP contribution in [0.2, 0.25) is 0 Å². The molecule has 1 aromatic carbocycles. The minimum Gasteiger partial charge on any atom is -0.508 e. The van der Waals surface area contributed by atoms with E-state index in [-0.39, 0.29) is 5.54 Å². The van der Waals surface area contributed by atoms with Crippen LogP contribution in [0, 0.1) is 5.92 Å². The molecule has 1 aromatic rings. The second-order valence-electron chi connectivity index (χ2n) is 5.22. The van der Waals surface area contributed by atoms with E-state index in [0.29, 0.717) is 5.75 Å². The van der Waals surface area contributed by atoms with E-state index in [1.165, 1.54) is 18.4 Å². The number of rotatable bonds is 3. The van der Waals surface area contributed by atoms with Gasteiger partial charge in [0.15, 0.2) is 0 Å². The molecule has 3 N–H and O–H groups in total. The summed E-state index contributed by atoms with van der Waals surface area (Å²) >= 11 is 0. The molecular formula is C14H21NO. The molecule has 1 fully saturated rings. The summed E-state index contributed by atoms with van der Waals surface area (Å²) in [5.74, 6) is 1.13. The first-order valence-electron chi connectivity index (χ1n) is 6.18. The van der Waals surface area contributed by atoms with E-state index in [1.807, 2.05) is 12.1 Å². The summed E-state index contributed by atoms with van der Waals surface area (Å²) in [7, 11) is 0. The molecule has 0 amide bonds. The van der Waals surface area contributed by atoms with E-state index < -0.39 is 0 Å². The average Bonchev–Trinajstić information content (AvgIpc) is 2.64. The maximum absolute atomic E-state index is 9.23. The number of hydrogen-bond acceptors (Lipinski definition) is 2. The molecular weight excluding hydrogens is 198 g/mol. The molecule has 0 spiro atoms. The number of phenols is 1. The van der Waals surface area contributed by atoms with Gasteiger partial charge in [-0.05, 0) is 49.3 Å². The quantitative estimate of drug-likeness (QED) is 0.821. The van der Waals surface area contributed by atoms with Crippen LogP contribution < -0.4 is 5.73 Å². The second-order valence-corrected chi connectivity index (χ2v) is 5.22. The van der Waals surface area contributed by atoms with Gasteiger partial charge in [-0.3, -0.25) is 0 Å². The molecule has 2 unspecified atom stereocenters. The highest BCUT2D eigenvalue weighted by Crippen LogP contribution is 2.36. The molecule has 2 rings (SSSR count). The summed E-state index contributed by atoms with van der Waals surface area (Å²) in [6, 6.07) is 7.43. The summed E-state index contributed by atoms with van der Waals surface area (Å²) in [5, 5.41) is 9.23. The van der Waals surface area contributed by atoms with Gasteiger partial charge in [0.05, 0.1) is 0 Å². The minimum atomic E-state index is -0.0162. The number of phenolic OH excluding ortho intramolecular Hbond substituents is 1. The summed E-state index contributed by atoms with van der Waals surface area (Å²) in [6.45, 7) is 2.25. The van der Waals surface area contributed by atoms with Gasteiger partial charge in [0.25, 0.3) is 0 Å². The third-order valence-electron chi connectivity index (χ3n) is 3.82. The van der Waals surface area contributed by atoms with Crippen LogP contribution in [-0.4, -0.2) is 10.6 Å². The zero-order valence-corrected chi connectivity index (χ0v) is 9.95. The van der Waals surface area contributed by atoms with Crippen molar-refractivity contribution in [1.29, 1.82) is 0 Å². The molecule has 1 saturated carbocycles. The Morgan fingerprint density at radius 3 is 2.62 bits per heavy atom. The molecule has 2 heteroatoms. The third kappa shape index (κ3) is 2.56. The van der Waals surface area contributed by atoms with E-state index in [2.05, 4.69) is 6.92 Å². The third-order valence-corrected chi connectivity index (χ3v) is 3.82. The molecule has 2 nitrogen and oxygen atoms in total. The van der Waals surface area contributed by atoms with E-state index in [9.17, 15) is 5.11 Å². The minimum absolute atomic E-state index is 0.0162. The Morgan fingerprint density at radius 1 is 1.38 bits per heavy atom. The predicted octanol–water partition coefficient (Wildman–Crippen LogP) is 2.84. The fourth-order valence-corrected chi connectivity index (χ4v) is 2.80. The van der Waals surface area contributed by atoms with Gasteiger partial charge >= 0.3 is 0 Å². The Labute approximate surface area is 97.5 Å². The molecule has 0 aliphatic heterocycles. The molecule has 2 atom stereocenters. The molecule has 1 aliphatic carbocycles. The smallest absolute Gasteiger partial charge is 0.115 e. The van der Waals surface area contributed by atoms with Crippen LogP contribution in [0.1, 0.15) is 38.2 Å². The highest BCUT2D eigenvalue weighted by molar-refractivity contribution is 5.27. The van der Waals surface area contributed by atoms with Gasteiger partial charge in [-0.15, -0.1) is 0 Å². The lowest BCUT2D eigenvalue weighted by Gasteiger charge is -2.24. The molecule has 0 bridgehead atoms. The molecule has 0 radical (unpaired) electrons. The van der Waals surface area contributed by atoms with Gasteiger partial charge in [-0.1, -0.05) is 25.5 Å². The van der Waals surface area contributed by atoms with Crippen molar-refractivity contribution >= 4 is 0 Å². The van der Waals surface area contributed by atoms with Crippen molar-refractivity contribution in [3.05, 3.63) is 29.8 Å². The SMILES string of the molecule is CCC1CCC(N)(Cc2ccc(O)cc2)C1. The van der Waals surface area contributed by atoms with Gasteiger partial charge in [0, 0.05) is 5.54 Å². The van der Waals surface area contributed by atoms with Crippen LogP contribution in [0.25, 0.3) is 0 Å². The van der Waals surface area contributed by atoms with Crippen LogP contribution in [-0.2, 0) is 6.42 Å². The lowest BCUT2D eigenvalue weighted by atomic mass is 9.89. The van der Waals surface area contributed by atoms with Crippen molar-refractivity contribution < 1.29 is 5.11 Å². The standard InChI is InChI=1S/C14H21NO/c1-2-11-7-8-14(15,9-11)10-12-3-5-13(16)6-4-12/h3-6,11,16H,2,7-10,15H2,1H3. The summed E-state index contributed by atoms with van der Waals surface area (Å²) in [5.41, 5.74) is 7.65. The van der Waals surface area contributed by atoms with Crippen molar-refractivity contribution in [3.63, 3.8) is 0 Å². The van der Waals surface area contributed by atoms with Crippen molar-refractivity contribution in [2.24, 2.45) is 11.7 Å². The van der Waals surface area contributed by atoms with Crippen LogP contribution in [0.4, 0.5) is 0 Å². The zero-order valence-electron chi connectivity index (χ0n) is 9.95. The van der Waals surface area contributed by atoms with Crippen molar-refractivity contribution in [1.82, 2.24) is 0 Å². The lowest BCUT2D eigenvalue weighted by Crippen LogP contribution is -2.39. The largest absolute Gasteiger partial charge is 0.508 e. The number of benzene rings is 1. The topological polar surface area (TPSA) is 46.2 Å². The summed E-state index contributed by atoms with van der Waals surface area (Å²) in [4.78, 5) is 0. The highest BCUT2D eigenvalue weighted by atomic mass is 16.3. The Hall–Kier alpha value is -1.02. The van der Waals surface area contributed by atoms with E-state index in [4.69, 9.17) is 5.73 Å². The molecule has 16 heavy (non-hydrogen) atoms. The average molecular weight is 219 g/mol. The van der Waals surface area contributed by atoms with E-state index in [0.717, 1.165) is 25.2 Å². The normalized spacial score (nSPS) is 29.5. The van der Waals surface area contributed by atoms with E-state index >= 15 is 0 Å². The monoisotopic (exact) mass is 219 g/mol. The fraction of sp³-hybridized carbons (Fsp3) is 0.571. The van der Waals surface area contributed by atoms with Crippen molar-refractivity contribution in [2.75, 3.05) is 0 Å². The van der Waals surface area contributed by atoms with Gasteiger partial charge in [-0.2, -0.15) is 0 Å². The number of hydrogen-bond donors (Lipinski definition) is 2. The van der Waals surface area contributed by atoms with Crippen molar-refractivity contribution in [3.8, 4) is 5.75 Å². The lowest BCUT2D eigenvalue weighted by molar-refractivity contribution is 0.406. The van der Waals surface area contributed by atoms with Gasteiger partial charge < -0.3 is 10.8 Å². The van der Waals surface area contributed by atoms with Gasteiger partial charge in [0.2, 0.25) is 0 Å². The maximum Gasteiger partial charge on any atom is 0.115 e. The molecule has 1 aliphatic rings. The van der Waals surface area contributed by atoms with Crippen LogP contribution in [0.3, 0.4) is 0 Å². The predicted molar refractivity (Wildman–Crippen MR) is 66.4 cm³/mol. The van der Waals surface area contributed by atoms with Gasteiger partial charge in [-0.25, -0.2) is 0 Å². The van der Waals surface area contributed by atoms with Crippen LogP contribution >= 0.6 is 0 Å². The van der Waals surface area contributed by atoms with Crippen LogP contribution in [0.15, 0.2) is 24.3 Å². The van der Waals surface area contributed by atoms with Crippen LogP contribution in [0.5, 0.6) is 5.75 Å². The molecule has 88 valence electrons. The number of nitrogens with two attached hydrogens (primary N) is 1. The fourth-order valence-electron chi connectivity index (χ4n) is 2.80. The first kappa shape index (κ1) is 11.5. The summed E-state index contributed by atoms with van der Waals surface area (Å²) < 4.78 is 0. The molecule has 0 saturated heterocycles. The Balaban J connectivity index is 2.01.